The molecule has 0 aromatic heterocycles. The lowest BCUT2D eigenvalue weighted by atomic mass is 10.1. The summed E-state index contributed by atoms with van der Waals surface area (Å²) in [5.74, 6) is -0.144. The van der Waals surface area contributed by atoms with Gasteiger partial charge in [-0.05, 0) is 17.7 Å². The van der Waals surface area contributed by atoms with E-state index < -0.39 is 17.9 Å². The lowest BCUT2D eigenvalue weighted by molar-refractivity contribution is 0.225. The maximum Gasteiger partial charge on any atom is 0.319 e. The maximum absolute atomic E-state index is 13.7. The normalized spacial score (nSPS) is 11.6. The zero-order valence-electron chi connectivity index (χ0n) is 12.0. The van der Waals surface area contributed by atoms with Crippen molar-refractivity contribution in [2.45, 2.75) is 6.04 Å². The molecule has 0 aliphatic heterocycles. The highest BCUT2D eigenvalue weighted by atomic mass is 19.1. The van der Waals surface area contributed by atoms with Crippen molar-refractivity contribution in [1.82, 2.24) is 5.32 Å². The molecule has 3 N–H and O–H groups in total. The molecule has 2 aromatic rings. The van der Waals surface area contributed by atoms with Gasteiger partial charge in [0.25, 0.3) is 0 Å². The number of halogens is 1. The standard InChI is InChI=1S/C16H17FN2O3/c1-22-12-7-8-13(17)14(9-12)18-16(21)19-15(10-20)11-5-3-2-4-6-11/h2-9,15,20H,10H2,1H3,(H2,18,19,21)/t15-/m1/s1. The van der Waals surface area contributed by atoms with Crippen LogP contribution in [0.4, 0.5) is 14.9 Å². The molecule has 2 rings (SSSR count). The average molecular weight is 304 g/mol. The van der Waals surface area contributed by atoms with E-state index in [0.29, 0.717) is 5.75 Å². The molecule has 2 amide bonds. The highest BCUT2D eigenvalue weighted by Crippen LogP contribution is 2.21. The lowest BCUT2D eigenvalue weighted by Crippen LogP contribution is -2.34. The van der Waals surface area contributed by atoms with Crippen molar-refractivity contribution in [2.75, 3.05) is 19.0 Å². The number of methoxy groups -OCH3 is 1. The molecule has 0 fully saturated rings. The van der Waals surface area contributed by atoms with Crippen molar-refractivity contribution < 1.29 is 19.0 Å². The molecule has 0 saturated carbocycles. The molecule has 116 valence electrons. The predicted octanol–water partition coefficient (Wildman–Crippen LogP) is 2.69. The predicted molar refractivity (Wildman–Crippen MR) is 81.4 cm³/mol. The molecular weight excluding hydrogens is 287 g/mol. The minimum atomic E-state index is -0.616. The summed E-state index contributed by atoms with van der Waals surface area (Å²) in [5, 5.41) is 14.4. The number of amides is 2. The first-order valence-corrected chi connectivity index (χ1v) is 6.71. The summed E-state index contributed by atoms with van der Waals surface area (Å²) in [7, 11) is 1.45. The molecule has 0 spiro atoms. The fourth-order valence-electron chi connectivity index (χ4n) is 1.96. The molecule has 22 heavy (non-hydrogen) atoms. The van der Waals surface area contributed by atoms with E-state index in [1.54, 1.807) is 24.3 Å². The molecule has 0 radical (unpaired) electrons. The molecule has 0 heterocycles. The summed E-state index contributed by atoms with van der Waals surface area (Å²) in [5.41, 5.74) is 0.757. The molecule has 0 aliphatic carbocycles. The van der Waals surface area contributed by atoms with Crippen LogP contribution in [0.3, 0.4) is 0 Å². The minimum absolute atomic E-state index is 0.00148. The van der Waals surface area contributed by atoms with E-state index in [1.807, 2.05) is 6.07 Å². The number of anilines is 1. The number of aliphatic hydroxyl groups is 1. The van der Waals surface area contributed by atoms with Crippen LogP contribution in [0.1, 0.15) is 11.6 Å². The molecule has 6 heteroatoms. The van der Waals surface area contributed by atoms with Crippen molar-refractivity contribution in [2.24, 2.45) is 0 Å². The Kier molecular flexibility index (Phi) is 5.32. The topological polar surface area (TPSA) is 70.6 Å². The number of aliphatic hydroxyl groups excluding tert-OH is 1. The van der Waals surface area contributed by atoms with Crippen LogP contribution < -0.4 is 15.4 Å². The first kappa shape index (κ1) is 15.8. The minimum Gasteiger partial charge on any atom is -0.497 e. The van der Waals surface area contributed by atoms with Crippen LogP contribution in [-0.4, -0.2) is 24.9 Å². The molecule has 5 nitrogen and oxygen atoms in total. The summed E-state index contributed by atoms with van der Waals surface area (Å²) in [6.45, 7) is -0.266. The monoisotopic (exact) mass is 304 g/mol. The van der Waals surface area contributed by atoms with E-state index in [9.17, 15) is 14.3 Å². The quantitative estimate of drug-likeness (QED) is 0.795. The summed E-state index contributed by atoms with van der Waals surface area (Å²) < 4.78 is 18.6. The van der Waals surface area contributed by atoms with Crippen LogP contribution in [0.25, 0.3) is 0 Å². The number of hydrogen-bond acceptors (Lipinski definition) is 3. The Morgan fingerprint density at radius 3 is 2.64 bits per heavy atom. The van der Waals surface area contributed by atoms with Crippen LogP contribution in [0.15, 0.2) is 48.5 Å². The fraction of sp³-hybridized carbons (Fsp3) is 0.188. The third kappa shape index (κ3) is 3.95. The number of ether oxygens (including phenoxy) is 1. The van der Waals surface area contributed by atoms with Gasteiger partial charge >= 0.3 is 6.03 Å². The van der Waals surface area contributed by atoms with Crippen molar-refractivity contribution >= 4 is 11.7 Å². The summed E-state index contributed by atoms with van der Waals surface area (Å²) in [4.78, 5) is 12.0. The van der Waals surface area contributed by atoms with Gasteiger partial charge in [0.15, 0.2) is 0 Å². The van der Waals surface area contributed by atoms with Crippen LogP contribution in [-0.2, 0) is 0 Å². The number of benzene rings is 2. The van der Waals surface area contributed by atoms with E-state index in [-0.39, 0.29) is 12.3 Å². The Hall–Kier alpha value is -2.60. The lowest BCUT2D eigenvalue weighted by Gasteiger charge is -2.17. The molecule has 0 bridgehead atoms. The second-order valence-corrected chi connectivity index (χ2v) is 4.59. The van der Waals surface area contributed by atoms with Gasteiger partial charge in [0.05, 0.1) is 25.4 Å². The molecule has 2 aromatic carbocycles. The van der Waals surface area contributed by atoms with Crippen molar-refractivity contribution in [3.05, 3.63) is 59.9 Å². The van der Waals surface area contributed by atoms with Gasteiger partial charge in [0.2, 0.25) is 0 Å². The number of carbonyl (C=O) groups excluding carboxylic acids is 1. The Labute approximate surface area is 127 Å². The zero-order valence-corrected chi connectivity index (χ0v) is 12.0. The van der Waals surface area contributed by atoms with Gasteiger partial charge in [-0.2, -0.15) is 0 Å². The van der Waals surface area contributed by atoms with Gasteiger partial charge < -0.3 is 20.5 Å². The molecule has 0 unspecified atom stereocenters. The third-order valence-electron chi connectivity index (χ3n) is 3.11. The molecule has 1 atom stereocenters. The zero-order chi connectivity index (χ0) is 15.9. The van der Waals surface area contributed by atoms with E-state index in [0.717, 1.165) is 5.56 Å². The van der Waals surface area contributed by atoms with E-state index >= 15 is 0 Å². The van der Waals surface area contributed by atoms with Crippen LogP contribution in [0, 0.1) is 5.82 Å². The fourth-order valence-corrected chi connectivity index (χ4v) is 1.96. The van der Waals surface area contributed by atoms with E-state index in [2.05, 4.69) is 10.6 Å². The molecule has 0 saturated heterocycles. The van der Waals surface area contributed by atoms with Crippen LogP contribution >= 0.6 is 0 Å². The highest BCUT2D eigenvalue weighted by molar-refractivity contribution is 5.89. The Morgan fingerprint density at radius 1 is 1.27 bits per heavy atom. The SMILES string of the molecule is COc1ccc(F)c(NC(=O)N[C@H](CO)c2ccccc2)c1. The maximum atomic E-state index is 13.7. The van der Waals surface area contributed by atoms with E-state index in [1.165, 1.54) is 25.3 Å². The van der Waals surface area contributed by atoms with Crippen molar-refractivity contribution in [3.63, 3.8) is 0 Å². The first-order valence-electron chi connectivity index (χ1n) is 6.71. The molecular formula is C16H17FN2O3. The van der Waals surface area contributed by atoms with Gasteiger partial charge in [-0.1, -0.05) is 30.3 Å². The third-order valence-corrected chi connectivity index (χ3v) is 3.11. The number of rotatable bonds is 5. The van der Waals surface area contributed by atoms with Gasteiger partial charge in [0.1, 0.15) is 11.6 Å². The van der Waals surface area contributed by atoms with Crippen LogP contribution in [0.5, 0.6) is 5.75 Å². The van der Waals surface area contributed by atoms with Gasteiger partial charge in [0, 0.05) is 6.07 Å². The summed E-state index contributed by atoms with van der Waals surface area (Å²) in [6.07, 6.45) is 0. The Morgan fingerprint density at radius 2 is 2.00 bits per heavy atom. The second-order valence-electron chi connectivity index (χ2n) is 4.59. The number of hydrogen-bond donors (Lipinski definition) is 3. The average Bonchev–Trinajstić information content (AvgIpc) is 2.55. The number of nitrogens with one attached hydrogen (secondary N) is 2. The Balaban J connectivity index is 2.06. The van der Waals surface area contributed by atoms with Crippen molar-refractivity contribution in [1.29, 1.82) is 0 Å². The van der Waals surface area contributed by atoms with Gasteiger partial charge in [-0.3, -0.25) is 0 Å². The number of carbonyl (C=O) groups is 1. The van der Waals surface area contributed by atoms with Gasteiger partial charge in [-0.25, -0.2) is 9.18 Å². The molecule has 0 aliphatic rings. The highest BCUT2D eigenvalue weighted by Gasteiger charge is 2.14. The van der Waals surface area contributed by atoms with Gasteiger partial charge in [-0.15, -0.1) is 0 Å². The van der Waals surface area contributed by atoms with Crippen molar-refractivity contribution in [3.8, 4) is 5.75 Å². The number of urea groups is 1. The second kappa shape index (κ2) is 7.42. The van der Waals surface area contributed by atoms with Crippen LogP contribution in [0.2, 0.25) is 0 Å². The smallest absolute Gasteiger partial charge is 0.319 e. The van der Waals surface area contributed by atoms with E-state index in [4.69, 9.17) is 4.74 Å². The Bertz CT molecular complexity index is 635. The first-order chi connectivity index (χ1) is 10.6. The summed E-state index contributed by atoms with van der Waals surface area (Å²) >= 11 is 0. The summed E-state index contributed by atoms with van der Waals surface area (Å²) in [6, 6.07) is 11.9. The largest absolute Gasteiger partial charge is 0.497 e.